The molecule has 0 unspecified atom stereocenters. The van der Waals surface area contributed by atoms with Crippen LogP contribution < -0.4 is 14.8 Å². The fourth-order valence-corrected chi connectivity index (χ4v) is 3.56. The predicted octanol–water partition coefficient (Wildman–Crippen LogP) is 4.15. The number of thiazole rings is 1. The van der Waals surface area contributed by atoms with Crippen LogP contribution in [-0.4, -0.2) is 27.8 Å². The van der Waals surface area contributed by atoms with Crippen LogP contribution in [0.1, 0.15) is 26.8 Å². The maximum atomic E-state index is 12.6. The van der Waals surface area contributed by atoms with Gasteiger partial charge in [0.1, 0.15) is 18.1 Å². The van der Waals surface area contributed by atoms with Crippen molar-refractivity contribution >= 4 is 17.2 Å². The number of hydrogen-bond donors (Lipinski definition) is 1. The van der Waals surface area contributed by atoms with Crippen molar-refractivity contribution in [2.75, 3.05) is 7.11 Å². The van der Waals surface area contributed by atoms with E-state index in [0.29, 0.717) is 24.5 Å². The van der Waals surface area contributed by atoms with Crippen LogP contribution in [0.15, 0.2) is 66.2 Å². The third kappa shape index (κ3) is 5.29. The smallest absolute Gasteiger partial charge is 0.251 e. The summed E-state index contributed by atoms with van der Waals surface area (Å²) in [7, 11) is 1.63. The molecule has 2 aromatic carbocycles. The summed E-state index contributed by atoms with van der Waals surface area (Å²) in [5.41, 5.74) is 3.08. The van der Waals surface area contributed by atoms with E-state index in [1.165, 1.54) is 0 Å². The molecule has 0 saturated heterocycles. The summed E-state index contributed by atoms with van der Waals surface area (Å²) in [6.45, 7) is 2.66. The van der Waals surface area contributed by atoms with Crippen molar-refractivity contribution in [3.63, 3.8) is 0 Å². The minimum absolute atomic E-state index is 0.186. The monoisotopic (exact) mass is 434 g/mol. The van der Waals surface area contributed by atoms with Crippen molar-refractivity contribution in [3.8, 4) is 17.2 Å². The van der Waals surface area contributed by atoms with Crippen molar-refractivity contribution < 1.29 is 14.3 Å². The van der Waals surface area contributed by atoms with Gasteiger partial charge in [-0.2, -0.15) is 5.10 Å². The van der Waals surface area contributed by atoms with Crippen LogP contribution in [0.3, 0.4) is 0 Å². The number of benzene rings is 2. The van der Waals surface area contributed by atoms with Crippen molar-refractivity contribution in [2.24, 2.45) is 0 Å². The Kier molecular flexibility index (Phi) is 6.28. The molecule has 0 bridgehead atoms. The molecule has 1 amide bonds. The number of nitrogens with zero attached hydrogens (tertiary/aromatic N) is 3. The van der Waals surface area contributed by atoms with Crippen LogP contribution in [-0.2, 0) is 13.2 Å². The van der Waals surface area contributed by atoms with Crippen molar-refractivity contribution in [1.82, 2.24) is 20.1 Å². The summed E-state index contributed by atoms with van der Waals surface area (Å²) in [4.78, 5) is 16.9. The zero-order valence-corrected chi connectivity index (χ0v) is 18.1. The highest BCUT2D eigenvalue weighted by Gasteiger charge is 2.09. The number of carbonyl (C=O) groups excluding carboxylic acids is 1. The summed E-state index contributed by atoms with van der Waals surface area (Å²) in [6.07, 6.45) is 1.86. The molecule has 0 aliphatic rings. The highest BCUT2D eigenvalue weighted by atomic mass is 32.1. The lowest BCUT2D eigenvalue weighted by atomic mass is 10.2. The molecule has 7 nitrogen and oxygen atoms in total. The number of ether oxygens (including phenoxy) is 2. The molecule has 0 aliphatic carbocycles. The van der Waals surface area contributed by atoms with Crippen LogP contribution in [0, 0.1) is 6.92 Å². The minimum Gasteiger partial charge on any atom is -0.497 e. The van der Waals surface area contributed by atoms with Gasteiger partial charge < -0.3 is 14.8 Å². The third-order valence-corrected chi connectivity index (χ3v) is 5.38. The SMILES string of the molecule is COc1ccc(-n2ccc(CNC(=O)c3cccc(OCc4csc(C)n4)c3)n2)cc1. The van der Waals surface area contributed by atoms with Crippen LogP contribution in [0.4, 0.5) is 0 Å². The molecule has 0 atom stereocenters. The fourth-order valence-electron chi connectivity index (χ4n) is 2.97. The van der Waals surface area contributed by atoms with Gasteiger partial charge in [-0.15, -0.1) is 11.3 Å². The van der Waals surface area contributed by atoms with E-state index in [4.69, 9.17) is 9.47 Å². The lowest BCUT2D eigenvalue weighted by molar-refractivity contribution is 0.0950. The molecule has 4 rings (SSSR count). The van der Waals surface area contributed by atoms with Crippen molar-refractivity contribution in [2.45, 2.75) is 20.1 Å². The molecule has 0 saturated carbocycles. The molecule has 0 spiro atoms. The lowest BCUT2D eigenvalue weighted by Crippen LogP contribution is -2.23. The number of aromatic nitrogens is 3. The molecule has 0 radical (unpaired) electrons. The second kappa shape index (κ2) is 9.44. The Morgan fingerprint density at radius 3 is 2.68 bits per heavy atom. The maximum Gasteiger partial charge on any atom is 0.251 e. The Balaban J connectivity index is 1.34. The minimum atomic E-state index is -0.186. The fraction of sp³-hybridized carbons (Fsp3) is 0.174. The van der Waals surface area contributed by atoms with Crippen LogP contribution in [0.25, 0.3) is 5.69 Å². The molecule has 4 aromatic rings. The molecule has 158 valence electrons. The zero-order chi connectivity index (χ0) is 21.6. The van der Waals surface area contributed by atoms with Crippen molar-refractivity contribution in [1.29, 1.82) is 0 Å². The first-order valence-electron chi connectivity index (χ1n) is 9.72. The van der Waals surface area contributed by atoms with Crippen LogP contribution >= 0.6 is 11.3 Å². The molecule has 0 aliphatic heterocycles. The summed E-state index contributed by atoms with van der Waals surface area (Å²) in [5.74, 6) is 1.23. The van der Waals surface area contributed by atoms with Gasteiger partial charge in [-0.05, 0) is 55.5 Å². The van der Waals surface area contributed by atoms with E-state index in [1.54, 1.807) is 41.3 Å². The number of amides is 1. The Hall–Kier alpha value is -3.65. The van der Waals surface area contributed by atoms with Gasteiger partial charge in [0, 0.05) is 17.1 Å². The molecule has 1 N–H and O–H groups in total. The van der Waals surface area contributed by atoms with E-state index >= 15 is 0 Å². The van der Waals surface area contributed by atoms with Gasteiger partial charge in [-0.25, -0.2) is 9.67 Å². The standard InChI is InChI=1S/C23H22N4O3S/c1-16-25-19(15-31-16)14-30-22-5-3-4-17(12-22)23(28)24-13-18-10-11-27(26-18)20-6-8-21(29-2)9-7-20/h3-12,15H,13-14H2,1-2H3,(H,24,28). The second-order valence-electron chi connectivity index (χ2n) is 6.81. The second-order valence-corrected chi connectivity index (χ2v) is 7.87. The highest BCUT2D eigenvalue weighted by molar-refractivity contribution is 7.09. The summed E-state index contributed by atoms with van der Waals surface area (Å²) >= 11 is 1.59. The van der Waals surface area contributed by atoms with E-state index in [1.807, 2.05) is 54.9 Å². The van der Waals surface area contributed by atoms with Crippen LogP contribution in [0.5, 0.6) is 11.5 Å². The average molecular weight is 435 g/mol. The van der Waals surface area contributed by atoms with Gasteiger partial charge in [0.2, 0.25) is 0 Å². The summed E-state index contributed by atoms with van der Waals surface area (Å²) < 4.78 is 12.7. The van der Waals surface area contributed by atoms with Gasteiger partial charge in [0.25, 0.3) is 5.91 Å². The molecular formula is C23H22N4O3S. The third-order valence-electron chi connectivity index (χ3n) is 4.56. The summed E-state index contributed by atoms with van der Waals surface area (Å²) in [5, 5.41) is 10.4. The first-order chi connectivity index (χ1) is 15.1. The van der Waals surface area contributed by atoms with E-state index < -0.39 is 0 Å². The normalized spacial score (nSPS) is 10.6. The van der Waals surface area contributed by atoms with E-state index in [9.17, 15) is 4.79 Å². The Morgan fingerprint density at radius 2 is 1.94 bits per heavy atom. The molecule has 2 heterocycles. The predicted molar refractivity (Wildman–Crippen MR) is 119 cm³/mol. The zero-order valence-electron chi connectivity index (χ0n) is 17.2. The van der Waals surface area contributed by atoms with Crippen molar-refractivity contribution in [3.05, 3.63) is 88.1 Å². The Morgan fingerprint density at radius 1 is 1.10 bits per heavy atom. The highest BCUT2D eigenvalue weighted by Crippen LogP contribution is 2.17. The molecule has 2 aromatic heterocycles. The topological polar surface area (TPSA) is 78.3 Å². The number of nitrogens with one attached hydrogen (secondary N) is 1. The van der Waals surface area contributed by atoms with Gasteiger partial charge in [0.05, 0.1) is 35.7 Å². The van der Waals surface area contributed by atoms with E-state index in [-0.39, 0.29) is 5.91 Å². The van der Waals surface area contributed by atoms with Gasteiger partial charge in [0.15, 0.2) is 0 Å². The Labute approximate surface area is 184 Å². The average Bonchev–Trinajstić information content (AvgIpc) is 3.45. The quantitative estimate of drug-likeness (QED) is 0.451. The number of methoxy groups -OCH3 is 1. The molecule has 0 fully saturated rings. The number of carbonyl (C=O) groups is 1. The van der Waals surface area contributed by atoms with E-state index in [0.717, 1.165) is 27.8 Å². The summed E-state index contributed by atoms with van der Waals surface area (Å²) in [6, 6.07) is 16.6. The number of aryl methyl sites for hydroxylation is 1. The van der Waals surface area contributed by atoms with Gasteiger partial charge >= 0.3 is 0 Å². The van der Waals surface area contributed by atoms with Gasteiger partial charge in [-0.1, -0.05) is 6.07 Å². The molecule has 31 heavy (non-hydrogen) atoms. The molecular weight excluding hydrogens is 412 g/mol. The molecule has 8 heteroatoms. The first kappa shape index (κ1) is 20.6. The van der Waals surface area contributed by atoms with Crippen LogP contribution in [0.2, 0.25) is 0 Å². The first-order valence-corrected chi connectivity index (χ1v) is 10.6. The van der Waals surface area contributed by atoms with Gasteiger partial charge in [-0.3, -0.25) is 4.79 Å². The maximum absolute atomic E-state index is 12.6. The largest absolute Gasteiger partial charge is 0.497 e. The lowest BCUT2D eigenvalue weighted by Gasteiger charge is -2.07. The number of hydrogen-bond acceptors (Lipinski definition) is 6. The number of rotatable bonds is 8. The Bertz CT molecular complexity index is 1170. The van der Waals surface area contributed by atoms with E-state index in [2.05, 4.69) is 15.4 Å².